The fourth-order valence-electron chi connectivity index (χ4n) is 2.50. The molecule has 1 aromatic carbocycles. The van der Waals surface area contributed by atoms with Crippen LogP contribution in [-0.2, 0) is 10.3 Å². The lowest BCUT2D eigenvalue weighted by Crippen LogP contribution is -2.46. The molecule has 19 heavy (non-hydrogen) atoms. The van der Waals surface area contributed by atoms with Gasteiger partial charge in [-0.3, -0.25) is 0 Å². The van der Waals surface area contributed by atoms with Crippen molar-refractivity contribution in [2.24, 2.45) is 11.7 Å². The number of nitriles is 1. The Bertz CT molecular complexity index is 487. The Balaban J connectivity index is 2.23. The third-order valence-electron chi connectivity index (χ3n) is 3.61. The second kappa shape index (κ2) is 5.91. The number of nitrogens with two attached hydrogens (primary N) is 1. The van der Waals surface area contributed by atoms with Gasteiger partial charge < -0.3 is 10.5 Å². The smallest absolute Gasteiger partial charge is 0.128 e. The largest absolute Gasteiger partial charge is 0.380 e. The number of ether oxygens (including phenoxy) is 1. The predicted octanol–water partition coefficient (Wildman–Crippen LogP) is 2.27. The average Bonchev–Trinajstić information content (AvgIpc) is 2.85. The zero-order valence-electron chi connectivity index (χ0n) is 10.8. The summed E-state index contributed by atoms with van der Waals surface area (Å²) in [5.74, 6) is 0.115. The van der Waals surface area contributed by atoms with E-state index < -0.39 is 5.54 Å². The molecule has 5 heteroatoms. The number of rotatable bonds is 4. The van der Waals surface area contributed by atoms with Crippen molar-refractivity contribution in [1.29, 1.82) is 5.26 Å². The summed E-state index contributed by atoms with van der Waals surface area (Å²) >= 11 is 1.53. The highest BCUT2D eigenvalue weighted by molar-refractivity contribution is 8.00. The molecule has 0 aliphatic carbocycles. The van der Waals surface area contributed by atoms with Gasteiger partial charge in [0, 0.05) is 22.3 Å². The standard InChI is InChI=1S/C14H17FN2OS/c1-14(17,10-4-2-3-5-12(10)15)11-8-18-9-13(11)19-7-6-16/h2-5,11,13H,7-9,17H2,1H3/t11?,13?,14-/m1/s1. The lowest BCUT2D eigenvalue weighted by molar-refractivity contribution is 0.165. The van der Waals surface area contributed by atoms with Crippen LogP contribution >= 0.6 is 11.8 Å². The van der Waals surface area contributed by atoms with Crippen LogP contribution in [0.5, 0.6) is 0 Å². The van der Waals surface area contributed by atoms with Crippen LogP contribution in [0.3, 0.4) is 0 Å². The van der Waals surface area contributed by atoms with Crippen molar-refractivity contribution in [2.45, 2.75) is 17.7 Å². The highest BCUT2D eigenvalue weighted by Gasteiger charge is 2.42. The maximum absolute atomic E-state index is 13.9. The Morgan fingerprint density at radius 2 is 2.26 bits per heavy atom. The van der Waals surface area contributed by atoms with Crippen LogP contribution in [0.4, 0.5) is 4.39 Å². The third-order valence-corrected chi connectivity index (χ3v) is 4.80. The zero-order chi connectivity index (χ0) is 13.9. The van der Waals surface area contributed by atoms with Gasteiger partial charge in [0.05, 0.1) is 25.0 Å². The molecule has 0 amide bonds. The number of hydrogen-bond acceptors (Lipinski definition) is 4. The first-order valence-corrected chi connectivity index (χ1v) is 7.22. The highest BCUT2D eigenvalue weighted by Crippen LogP contribution is 2.38. The summed E-state index contributed by atoms with van der Waals surface area (Å²) < 4.78 is 19.4. The molecule has 0 aromatic heterocycles. The average molecular weight is 280 g/mol. The van der Waals surface area contributed by atoms with Crippen LogP contribution in [0, 0.1) is 23.1 Å². The molecule has 2 unspecified atom stereocenters. The highest BCUT2D eigenvalue weighted by atomic mass is 32.2. The van der Waals surface area contributed by atoms with Gasteiger partial charge in [-0.05, 0) is 13.0 Å². The molecule has 102 valence electrons. The summed E-state index contributed by atoms with van der Waals surface area (Å²) in [5.41, 5.74) is 6.10. The fourth-order valence-corrected chi connectivity index (χ4v) is 3.57. The Kier molecular flexibility index (Phi) is 4.46. The Morgan fingerprint density at radius 3 is 2.95 bits per heavy atom. The van der Waals surface area contributed by atoms with Crippen molar-refractivity contribution >= 4 is 11.8 Å². The zero-order valence-corrected chi connectivity index (χ0v) is 11.6. The fraction of sp³-hybridized carbons (Fsp3) is 0.500. The Morgan fingerprint density at radius 1 is 1.53 bits per heavy atom. The van der Waals surface area contributed by atoms with E-state index in [9.17, 15) is 4.39 Å². The van der Waals surface area contributed by atoms with Crippen molar-refractivity contribution in [2.75, 3.05) is 19.0 Å². The van der Waals surface area contributed by atoms with Crippen LogP contribution in [-0.4, -0.2) is 24.2 Å². The second-order valence-corrected chi connectivity index (χ2v) is 6.14. The molecule has 1 fully saturated rings. The lowest BCUT2D eigenvalue weighted by atomic mass is 9.79. The van der Waals surface area contributed by atoms with Gasteiger partial charge >= 0.3 is 0 Å². The molecule has 2 rings (SSSR count). The van der Waals surface area contributed by atoms with E-state index in [2.05, 4.69) is 6.07 Å². The second-order valence-electron chi connectivity index (χ2n) is 4.91. The predicted molar refractivity (Wildman–Crippen MR) is 74.1 cm³/mol. The van der Waals surface area contributed by atoms with Gasteiger partial charge in [-0.2, -0.15) is 5.26 Å². The van der Waals surface area contributed by atoms with E-state index in [-0.39, 0.29) is 17.0 Å². The molecule has 1 aliphatic rings. The maximum Gasteiger partial charge on any atom is 0.128 e. The molecule has 2 N–H and O–H groups in total. The van der Waals surface area contributed by atoms with Crippen LogP contribution in [0.15, 0.2) is 24.3 Å². The number of hydrogen-bond donors (Lipinski definition) is 1. The van der Waals surface area contributed by atoms with Gasteiger partial charge in [-0.15, -0.1) is 11.8 Å². The first-order chi connectivity index (χ1) is 9.07. The summed E-state index contributed by atoms with van der Waals surface area (Å²) in [6.45, 7) is 2.91. The lowest BCUT2D eigenvalue weighted by Gasteiger charge is -2.34. The van der Waals surface area contributed by atoms with Crippen molar-refractivity contribution in [1.82, 2.24) is 0 Å². The van der Waals surface area contributed by atoms with E-state index in [1.54, 1.807) is 18.2 Å². The quantitative estimate of drug-likeness (QED) is 0.919. The number of benzene rings is 1. The SMILES string of the molecule is C[C@@](N)(c1ccccc1F)C1COCC1SCC#N. The van der Waals surface area contributed by atoms with Gasteiger partial charge in [-0.1, -0.05) is 18.2 Å². The third kappa shape index (κ3) is 2.92. The first kappa shape index (κ1) is 14.3. The summed E-state index contributed by atoms with van der Waals surface area (Å²) in [7, 11) is 0. The van der Waals surface area contributed by atoms with E-state index >= 15 is 0 Å². The first-order valence-electron chi connectivity index (χ1n) is 6.17. The van der Waals surface area contributed by atoms with Crippen molar-refractivity contribution in [3.8, 4) is 6.07 Å². The summed E-state index contributed by atoms with van der Waals surface area (Å²) in [6.07, 6.45) is 0. The van der Waals surface area contributed by atoms with Crippen LogP contribution in [0.2, 0.25) is 0 Å². The summed E-state index contributed by atoms with van der Waals surface area (Å²) in [5, 5.41) is 8.81. The van der Waals surface area contributed by atoms with Crippen LogP contribution in [0.1, 0.15) is 12.5 Å². The van der Waals surface area contributed by atoms with E-state index in [0.717, 1.165) is 0 Å². The number of nitrogens with zero attached hydrogens (tertiary/aromatic N) is 1. The normalized spacial score (nSPS) is 25.8. The molecule has 3 nitrogen and oxygen atoms in total. The maximum atomic E-state index is 13.9. The topological polar surface area (TPSA) is 59.0 Å². The van der Waals surface area contributed by atoms with Crippen LogP contribution in [0.25, 0.3) is 0 Å². The van der Waals surface area contributed by atoms with Crippen LogP contribution < -0.4 is 5.73 Å². The van der Waals surface area contributed by atoms with Gasteiger partial charge in [0.15, 0.2) is 0 Å². The molecule has 1 aromatic rings. The number of halogens is 1. The minimum absolute atomic E-state index is 0.00255. The van der Waals surface area contributed by atoms with Gasteiger partial charge in [0.25, 0.3) is 0 Å². The van der Waals surface area contributed by atoms with E-state index in [1.807, 2.05) is 6.92 Å². The van der Waals surface area contributed by atoms with E-state index in [4.69, 9.17) is 15.7 Å². The molecule has 3 atom stereocenters. The summed E-state index contributed by atoms with van der Waals surface area (Å²) in [4.78, 5) is 0. The minimum Gasteiger partial charge on any atom is -0.380 e. The van der Waals surface area contributed by atoms with Gasteiger partial charge in [-0.25, -0.2) is 4.39 Å². The molecular weight excluding hydrogens is 263 g/mol. The molecule has 0 saturated carbocycles. The molecule has 1 saturated heterocycles. The molecule has 0 spiro atoms. The van der Waals surface area contributed by atoms with Crippen molar-refractivity contribution in [3.63, 3.8) is 0 Å². The van der Waals surface area contributed by atoms with E-state index in [0.29, 0.717) is 24.5 Å². The van der Waals surface area contributed by atoms with E-state index in [1.165, 1.54) is 17.8 Å². The minimum atomic E-state index is -0.797. The molecule has 1 aliphatic heterocycles. The monoisotopic (exact) mass is 280 g/mol. The number of thioether (sulfide) groups is 1. The molecule has 0 radical (unpaired) electrons. The molecular formula is C14H17FN2OS. The molecule has 1 heterocycles. The summed E-state index contributed by atoms with van der Waals surface area (Å²) in [6, 6.07) is 8.70. The Labute approximate surface area is 116 Å². The van der Waals surface area contributed by atoms with Gasteiger partial charge in [0.2, 0.25) is 0 Å². The molecule has 0 bridgehead atoms. The van der Waals surface area contributed by atoms with Crippen molar-refractivity contribution < 1.29 is 9.13 Å². The van der Waals surface area contributed by atoms with Gasteiger partial charge in [0.1, 0.15) is 5.82 Å². The Hall–Kier alpha value is -1.09. The van der Waals surface area contributed by atoms with Crippen molar-refractivity contribution in [3.05, 3.63) is 35.6 Å².